The van der Waals surface area contributed by atoms with Gasteiger partial charge in [0, 0.05) is 26.2 Å². The maximum Gasteiger partial charge on any atom is 0.0604 e. The summed E-state index contributed by atoms with van der Waals surface area (Å²) >= 11 is 0. The molecule has 0 aliphatic carbocycles. The van der Waals surface area contributed by atoms with E-state index in [1.165, 1.54) is 22.5 Å². The first-order chi connectivity index (χ1) is 11.5. The SMILES string of the molecule is CCN(CC)c1cc(C)ccc1NCCNc1ccc(C)cc1N. The summed E-state index contributed by atoms with van der Waals surface area (Å²) in [6.45, 7) is 12.2. The minimum atomic E-state index is 0.800. The van der Waals surface area contributed by atoms with Gasteiger partial charge in [0.1, 0.15) is 0 Å². The van der Waals surface area contributed by atoms with Crippen LogP contribution in [-0.2, 0) is 0 Å². The fourth-order valence-corrected chi connectivity index (χ4v) is 2.85. The molecule has 24 heavy (non-hydrogen) atoms. The second-order valence-corrected chi connectivity index (χ2v) is 6.14. The van der Waals surface area contributed by atoms with Crippen LogP contribution in [-0.4, -0.2) is 26.2 Å². The van der Waals surface area contributed by atoms with E-state index in [0.29, 0.717) is 0 Å². The van der Waals surface area contributed by atoms with E-state index in [9.17, 15) is 0 Å². The summed E-state index contributed by atoms with van der Waals surface area (Å²) in [5, 5.41) is 6.94. The van der Waals surface area contributed by atoms with Gasteiger partial charge < -0.3 is 21.3 Å². The van der Waals surface area contributed by atoms with E-state index in [4.69, 9.17) is 5.73 Å². The summed E-state index contributed by atoms with van der Waals surface area (Å²) in [6, 6.07) is 12.7. The minimum Gasteiger partial charge on any atom is -0.397 e. The van der Waals surface area contributed by atoms with Crippen LogP contribution in [0.1, 0.15) is 25.0 Å². The molecule has 0 saturated carbocycles. The third kappa shape index (κ3) is 4.57. The Hall–Kier alpha value is -2.36. The third-order valence-corrected chi connectivity index (χ3v) is 4.22. The molecule has 0 unspecified atom stereocenters. The molecular weight excluding hydrogens is 296 g/mol. The lowest BCUT2D eigenvalue weighted by atomic mass is 10.1. The molecule has 0 saturated heterocycles. The number of nitrogen functional groups attached to an aromatic ring is 1. The highest BCUT2D eigenvalue weighted by atomic mass is 15.1. The summed E-state index contributed by atoms with van der Waals surface area (Å²) in [5.74, 6) is 0. The lowest BCUT2D eigenvalue weighted by molar-refractivity contribution is 0.865. The molecule has 0 aromatic heterocycles. The summed E-state index contributed by atoms with van der Waals surface area (Å²) in [4.78, 5) is 2.38. The molecule has 130 valence electrons. The summed E-state index contributed by atoms with van der Waals surface area (Å²) in [6.07, 6.45) is 0. The van der Waals surface area contributed by atoms with Crippen LogP contribution in [0.5, 0.6) is 0 Å². The van der Waals surface area contributed by atoms with Gasteiger partial charge >= 0.3 is 0 Å². The number of nitrogens with zero attached hydrogens (tertiary/aromatic N) is 1. The van der Waals surface area contributed by atoms with Crippen LogP contribution in [0.4, 0.5) is 22.7 Å². The zero-order valence-corrected chi connectivity index (χ0v) is 15.3. The number of hydrogen-bond donors (Lipinski definition) is 3. The largest absolute Gasteiger partial charge is 0.397 e. The van der Waals surface area contributed by atoms with Gasteiger partial charge in [0.25, 0.3) is 0 Å². The van der Waals surface area contributed by atoms with Gasteiger partial charge in [-0.25, -0.2) is 0 Å². The van der Waals surface area contributed by atoms with E-state index in [1.54, 1.807) is 0 Å². The van der Waals surface area contributed by atoms with Crippen molar-refractivity contribution in [1.82, 2.24) is 0 Å². The molecule has 0 aliphatic heterocycles. The average Bonchev–Trinajstić information content (AvgIpc) is 2.56. The highest BCUT2D eigenvalue weighted by molar-refractivity contribution is 5.71. The quantitative estimate of drug-likeness (QED) is 0.501. The maximum atomic E-state index is 6.04. The van der Waals surface area contributed by atoms with Gasteiger partial charge in [-0.2, -0.15) is 0 Å². The Kier molecular flexibility index (Phi) is 6.36. The summed E-state index contributed by atoms with van der Waals surface area (Å²) in [5.41, 5.74) is 12.8. The van der Waals surface area contributed by atoms with Crippen LogP contribution in [0.3, 0.4) is 0 Å². The van der Waals surface area contributed by atoms with Crippen LogP contribution < -0.4 is 21.3 Å². The van der Waals surface area contributed by atoms with Gasteiger partial charge in [0.15, 0.2) is 0 Å². The van der Waals surface area contributed by atoms with Crippen LogP contribution in [0.25, 0.3) is 0 Å². The van der Waals surface area contributed by atoms with E-state index in [-0.39, 0.29) is 0 Å². The maximum absolute atomic E-state index is 6.04. The highest BCUT2D eigenvalue weighted by Gasteiger charge is 2.08. The standard InChI is InChI=1S/C20H30N4/c1-5-24(6-2)20-14-16(4)8-10-19(20)23-12-11-22-18-9-7-15(3)13-17(18)21/h7-10,13-14,22-23H,5-6,11-12,21H2,1-4H3. The number of benzene rings is 2. The topological polar surface area (TPSA) is 53.3 Å². The normalized spacial score (nSPS) is 10.5. The van der Waals surface area contributed by atoms with Gasteiger partial charge in [-0.3, -0.25) is 0 Å². The number of aryl methyl sites for hydroxylation is 2. The van der Waals surface area contributed by atoms with E-state index in [1.807, 2.05) is 19.1 Å². The van der Waals surface area contributed by atoms with Gasteiger partial charge in [-0.1, -0.05) is 12.1 Å². The summed E-state index contributed by atoms with van der Waals surface area (Å²) < 4.78 is 0. The molecule has 4 nitrogen and oxygen atoms in total. The molecule has 2 aromatic rings. The Morgan fingerprint density at radius 3 is 1.96 bits per heavy atom. The fraction of sp³-hybridized carbons (Fsp3) is 0.400. The summed E-state index contributed by atoms with van der Waals surface area (Å²) in [7, 11) is 0. The molecular formula is C20H30N4. The van der Waals surface area contributed by atoms with E-state index in [0.717, 1.165) is 37.6 Å². The van der Waals surface area contributed by atoms with Crippen molar-refractivity contribution in [3.8, 4) is 0 Å². The number of anilines is 4. The third-order valence-electron chi connectivity index (χ3n) is 4.22. The Morgan fingerprint density at radius 1 is 0.833 bits per heavy atom. The molecule has 0 atom stereocenters. The second kappa shape index (κ2) is 8.48. The van der Waals surface area contributed by atoms with Crippen molar-refractivity contribution >= 4 is 22.7 Å². The van der Waals surface area contributed by atoms with E-state index < -0.39 is 0 Å². The van der Waals surface area contributed by atoms with Crippen molar-refractivity contribution in [1.29, 1.82) is 0 Å². The lowest BCUT2D eigenvalue weighted by Crippen LogP contribution is -2.24. The Balaban J connectivity index is 1.96. The first-order valence-corrected chi connectivity index (χ1v) is 8.74. The van der Waals surface area contributed by atoms with Gasteiger partial charge in [0.05, 0.1) is 22.7 Å². The van der Waals surface area contributed by atoms with Gasteiger partial charge in [0.2, 0.25) is 0 Å². The molecule has 4 N–H and O–H groups in total. The number of rotatable bonds is 8. The number of nitrogens with one attached hydrogen (secondary N) is 2. The first-order valence-electron chi connectivity index (χ1n) is 8.74. The second-order valence-electron chi connectivity index (χ2n) is 6.14. The molecule has 0 bridgehead atoms. The van der Waals surface area contributed by atoms with Crippen LogP contribution in [0.15, 0.2) is 36.4 Å². The number of hydrogen-bond acceptors (Lipinski definition) is 4. The van der Waals surface area contributed by atoms with Crippen molar-refractivity contribution in [3.63, 3.8) is 0 Å². The molecule has 4 heteroatoms. The van der Waals surface area contributed by atoms with Crippen molar-refractivity contribution < 1.29 is 0 Å². The monoisotopic (exact) mass is 326 g/mol. The minimum absolute atomic E-state index is 0.800. The Morgan fingerprint density at radius 2 is 1.38 bits per heavy atom. The smallest absolute Gasteiger partial charge is 0.0604 e. The lowest BCUT2D eigenvalue weighted by Gasteiger charge is -2.25. The van der Waals surface area contributed by atoms with E-state index >= 15 is 0 Å². The average molecular weight is 326 g/mol. The highest BCUT2D eigenvalue weighted by Crippen LogP contribution is 2.27. The number of nitrogens with two attached hydrogens (primary N) is 1. The first kappa shape index (κ1) is 18.0. The van der Waals surface area contributed by atoms with Crippen molar-refractivity contribution in [3.05, 3.63) is 47.5 Å². The van der Waals surface area contributed by atoms with Crippen molar-refractivity contribution in [2.75, 3.05) is 47.4 Å². The predicted octanol–water partition coefficient (Wildman–Crippen LogP) is 4.26. The molecule has 0 amide bonds. The van der Waals surface area contributed by atoms with Crippen molar-refractivity contribution in [2.45, 2.75) is 27.7 Å². The van der Waals surface area contributed by atoms with Crippen molar-refractivity contribution in [2.24, 2.45) is 0 Å². The zero-order chi connectivity index (χ0) is 17.5. The molecule has 0 radical (unpaired) electrons. The Bertz CT molecular complexity index is 663. The van der Waals surface area contributed by atoms with Gasteiger partial charge in [-0.05, 0) is 63.1 Å². The molecule has 2 aromatic carbocycles. The fourth-order valence-electron chi connectivity index (χ4n) is 2.85. The zero-order valence-electron chi connectivity index (χ0n) is 15.3. The van der Waals surface area contributed by atoms with Crippen LogP contribution in [0, 0.1) is 13.8 Å². The molecule has 2 rings (SSSR count). The van der Waals surface area contributed by atoms with Crippen LogP contribution >= 0.6 is 0 Å². The predicted molar refractivity (Wildman–Crippen MR) is 107 cm³/mol. The molecule has 0 heterocycles. The van der Waals surface area contributed by atoms with E-state index in [2.05, 4.69) is 60.6 Å². The molecule has 0 spiro atoms. The molecule has 0 aliphatic rings. The van der Waals surface area contributed by atoms with Gasteiger partial charge in [-0.15, -0.1) is 0 Å². The molecule has 0 fully saturated rings. The Labute approximate surface area is 146 Å². The van der Waals surface area contributed by atoms with Crippen LogP contribution in [0.2, 0.25) is 0 Å².